The largest absolute Gasteiger partial charge is 0.480 e. The molecule has 4 N–H and O–H groups in total. The van der Waals surface area contributed by atoms with Crippen LogP contribution in [0.4, 0.5) is 11.8 Å². The van der Waals surface area contributed by atoms with E-state index in [9.17, 15) is 5.11 Å². The molecule has 1 aromatic carbocycles. The molecule has 0 saturated heterocycles. The maximum absolute atomic E-state index is 10.1. The molecule has 0 aliphatic heterocycles. The summed E-state index contributed by atoms with van der Waals surface area (Å²) in [4.78, 5) is 12.8. The highest BCUT2D eigenvalue weighted by Crippen LogP contribution is 2.25. The molecular formula is C16H20N6O. The van der Waals surface area contributed by atoms with E-state index in [0.29, 0.717) is 29.6 Å². The first-order valence-corrected chi connectivity index (χ1v) is 7.55. The van der Waals surface area contributed by atoms with Crippen molar-refractivity contribution >= 4 is 22.9 Å². The smallest absolute Gasteiger partial charge is 0.296 e. The molecule has 0 fully saturated rings. The second-order valence-corrected chi connectivity index (χ2v) is 5.86. The van der Waals surface area contributed by atoms with Gasteiger partial charge in [0.05, 0.1) is 6.54 Å². The molecule has 7 nitrogen and oxygen atoms in total. The Morgan fingerprint density at radius 2 is 1.91 bits per heavy atom. The average molecular weight is 312 g/mol. The number of benzene rings is 1. The number of aromatic nitrogens is 4. The summed E-state index contributed by atoms with van der Waals surface area (Å²) in [6, 6.07) is 9.69. The van der Waals surface area contributed by atoms with Gasteiger partial charge in [-0.05, 0) is 11.5 Å². The van der Waals surface area contributed by atoms with Crippen molar-refractivity contribution in [3.63, 3.8) is 0 Å². The zero-order valence-corrected chi connectivity index (χ0v) is 13.2. The van der Waals surface area contributed by atoms with Gasteiger partial charge in [0, 0.05) is 6.54 Å². The number of hydrogen-bond donors (Lipinski definition) is 3. The number of rotatable bonds is 5. The number of nitrogens with two attached hydrogens (primary N) is 1. The number of nitrogens with one attached hydrogen (secondary N) is 1. The van der Waals surface area contributed by atoms with Crippen LogP contribution in [0.1, 0.15) is 19.4 Å². The van der Waals surface area contributed by atoms with Crippen molar-refractivity contribution < 1.29 is 5.11 Å². The van der Waals surface area contributed by atoms with E-state index in [1.807, 2.05) is 30.3 Å². The predicted octanol–water partition coefficient (Wildman–Crippen LogP) is 2.23. The van der Waals surface area contributed by atoms with Gasteiger partial charge >= 0.3 is 0 Å². The lowest BCUT2D eigenvalue weighted by Gasteiger charge is -2.09. The monoisotopic (exact) mass is 312 g/mol. The summed E-state index contributed by atoms with van der Waals surface area (Å²) < 4.78 is 1.63. The fraction of sp³-hybridized carbons (Fsp3) is 0.312. The van der Waals surface area contributed by atoms with Gasteiger partial charge in [0.2, 0.25) is 5.95 Å². The third-order valence-electron chi connectivity index (χ3n) is 3.45. The van der Waals surface area contributed by atoms with Crippen molar-refractivity contribution in [2.45, 2.75) is 20.4 Å². The van der Waals surface area contributed by atoms with Gasteiger partial charge in [-0.15, -0.1) is 0 Å². The molecule has 120 valence electrons. The van der Waals surface area contributed by atoms with Crippen LogP contribution in [-0.2, 0) is 6.54 Å². The molecule has 0 unspecified atom stereocenters. The molecule has 3 aromatic rings. The minimum atomic E-state index is -0.120. The van der Waals surface area contributed by atoms with Gasteiger partial charge in [0.1, 0.15) is 0 Å². The summed E-state index contributed by atoms with van der Waals surface area (Å²) >= 11 is 0. The van der Waals surface area contributed by atoms with E-state index in [-0.39, 0.29) is 11.8 Å². The Labute approximate surface area is 134 Å². The number of hydrogen-bond acceptors (Lipinski definition) is 6. The van der Waals surface area contributed by atoms with Crippen LogP contribution in [0.15, 0.2) is 30.3 Å². The Kier molecular flexibility index (Phi) is 4.01. The van der Waals surface area contributed by atoms with Gasteiger partial charge in [-0.2, -0.15) is 15.0 Å². The van der Waals surface area contributed by atoms with E-state index in [1.165, 1.54) is 0 Å². The van der Waals surface area contributed by atoms with E-state index in [2.05, 4.69) is 34.1 Å². The molecule has 7 heteroatoms. The van der Waals surface area contributed by atoms with Gasteiger partial charge < -0.3 is 16.2 Å². The summed E-state index contributed by atoms with van der Waals surface area (Å²) in [6.07, 6.45) is 0. The van der Waals surface area contributed by atoms with Crippen LogP contribution in [0, 0.1) is 5.92 Å². The van der Waals surface area contributed by atoms with Crippen LogP contribution in [0.2, 0.25) is 0 Å². The quantitative estimate of drug-likeness (QED) is 0.668. The fourth-order valence-corrected chi connectivity index (χ4v) is 2.30. The lowest BCUT2D eigenvalue weighted by atomic mass is 10.2. The minimum absolute atomic E-state index is 0.120. The zero-order valence-electron chi connectivity index (χ0n) is 13.2. The first kappa shape index (κ1) is 15.1. The van der Waals surface area contributed by atoms with Gasteiger partial charge in [-0.25, -0.2) is 0 Å². The van der Waals surface area contributed by atoms with E-state index in [4.69, 9.17) is 5.73 Å². The summed E-state index contributed by atoms with van der Waals surface area (Å²) in [5, 5.41) is 13.3. The van der Waals surface area contributed by atoms with Crippen LogP contribution < -0.4 is 11.1 Å². The minimum Gasteiger partial charge on any atom is -0.480 e. The van der Waals surface area contributed by atoms with Crippen molar-refractivity contribution in [2.75, 3.05) is 17.6 Å². The SMILES string of the molecule is CC(C)CNc1nc(N)c2nc(O)n(Cc3ccccc3)c2n1. The molecular weight excluding hydrogens is 292 g/mol. The molecule has 0 aliphatic rings. The predicted molar refractivity (Wildman–Crippen MR) is 90.3 cm³/mol. The molecule has 0 saturated carbocycles. The fourth-order valence-electron chi connectivity index (χ4n) is 2.30. The highest BCUT2D eigenvalue weighted by atomic mass is 16.3. The number of aromatic hydroxyl groups is 1. The lowest BCUT2D eigenvalue weighted by molar-refractivity contribution is 0.408. The summed E-state index contributed by atoms with van der Waals surface area (Å²) in [5.41, 5.74) is 7.93. The van der Waals surface area contributed by atoms with Crippen LogP contribution in [0.3, 0.4) is 0 Å². The van der Waals surface area contributed by atoms with Crippen LogP contribution in [0.25, 0.3) is 11.2 Å². The Bertz CT molecular complexity index is 812. The normalized spacial score (nSPS) is 11.3. The standard InChI is InChI=1S/C16H20N6O/c1-10(2)8-18-15-20-13(17)12-14(21-15)22(16(23)19-12)9-11-6-4-3-5-7-11/h3-7,10H,8-9H2,1-2H3,(H,19,23)(H3,17,18,20,21). The summed E-state index contributed by atoms with van der Waals surface area (Å²) in [6.45, 7) is 5.40. The van der Waals surface area contributed by atoms with E-state index < -0.39 is 0 Å². The van der Waals surface area contributed by atoms with Gasteiger partial charge in [0.15, 0.2) is 17.0 Å². The van der Waals surface area contributed by atoms with Gasteiger partial charge in [-0.3, -0.25) is 4.57 Å². The molecule has 0 amide bonds. The number of imidazole rings is 1. The molecule has 3 rings (SSSR count). The first-order valence-electron chi connectivity index (χ1n) is 7.55. The number of fused-ring (bicyclic) bond motifs is 1. The molecule has 0 bridgehead atoms. The van der Waals surface area contributed by atoms with Crippen molar-refractivity contribution in [1.29, 1.82) is 0 Å². The zero-order chi connectivity index (χ0) is 16.4. The lowest BCUT2D eigenvalue weighted by Crippen LogP contribution is -2.12. The average Bonchev–Trinajstić information content (AvgIpc) is 2.83. The third kappa shape index (κ3) is 3.18. The summed E-state index contributed by atoms with van der Waals surface area (Å²) in [5.74, 6) is 1.15. The summed E-state index contributed by atoms with van der Waals surface area (Å²) in [7, 11) is 0. The molecule has 0 aliphatic carbocycles. The maximum Gasteiger partial charge on any atom is 0.296 e. The number of nitrogen functional groups attached to an aromatic ring is 1. The van der Waals surface area contributed by atoms with Crippen molar-refractivity contribution in [1.82, 2.24) is 19.5 Å². The highest BCUT2D eigenvalue weighted by Gasteiger charge is 2.16. The van der Waals surface area contributed by atoms with Gasteiger partial charge in [-0.1, -0.05) is 44.2 Å². The first-order chi connectivity index (χ1) is 11.0. The topological polar surface area (TPSA) is 102 Å². The van der Waals surface area contributed by atoms with E-state index >= 15 is 0 Å². The van der Waals surface area contributed by atoms with E-state index in [1.54, 1.807) is 4.57 Å². The Balaban J connectivity index is 2.01. The van der Waals surface area contributed by atoms with Crippen LogP contribution in [-0.4, -0.2) is 31.2 Å². The second kappa shape index (κ2) is 6.12. The molecule has 2 heterocycles. The Hall–Kier alpha value is -2.83. The van der Waals surface area contributed by atoms with Crippen LogP contribution in [0.5, 0.6) is 6.01 Å². The van der Waals surface area contributed by atoms with Crippen molar-refractivity contribution in [2.24, 2.45) is 5.92 Å². The number of nitrogens with zero attached hydrogens (tertiary/aromatic N) is 4. The Morgan fingerprint density at radius 3 is 2.61 bits per heavy atom. The van der Waals surface area contributed by atoms with Gasteiger partial charge in [0.25, 0.3) is 6.01 Å². The third-order valence-corrected chi connectivity index (χ3v) is 3.45. The highest BCUT2D eigenvalue weighted by molar-refractivity contribution is 5.84. The molecule has 0 radical (unpaired) electrons. The molecule has 0 atom stereocenters. The number of anilines is 2. The second-order valence-electron chi connectivity index (χ2n) is 5.86. The maximum atomic E-state index is 10.1. The molecule has 2 aromatic heterocycles. The Morgan fingerprint density at radius 1 is 1.17 bits per heavy atom. The van der Waals surface area contributed by atoms with E-state index in [0.717, 1.165) is 12.1 Å². The molecule has 23 heavy (non-hydrogen) atoms. The molecule has 0 spiro atoms. The van der Waals surface area contributed by atoms with Crippen molar-refractivity contribution in [3.8, 4) is 6.01 Å². The van der Waals surface area contributed by atoms with Crippen molar-refractivity contribution in [3.05, 3.63) is 35.9 Å². The van der Waals surface area contributed by atoms with Crippen LogP contribution >= 0.6 is 0 Å².